The molecule has 3 aromatic carbocycles. The number of benzene rings is 3. The number of nitrogens with zero attached hydrogens (tertiary/aromatic N) is 2. The van der Waals surface area contributed by atoms with Crippen LogP contribution in [-0.2, 0) is 22.9 Å². The van der Waals surface area contributed by atoms with Crippen LogP contribution in [-0.4, -0.2) is 58.3 Å². The van der Waals surface area contributed by atoms with Crippen LogP contribution in [0.2, 0.25) is 0 Å². The van der Waals surface area contributed by atoms with Crippen LogP contribution in [0.1, 0.15) is 29.7 Å². The Kier molecular flexibility index (Phi) is 8.61. The van der Waals surface area contributed by atoms with Crippen molar-refractivity contribution in [3.63, 3.8) is 0 Å². The number of rotatable bonds is 11. The van der Waals surface area contributed by atoms with Gasteiger partial charge in [-0.3, -0.25) is 0 Å². The monoisotopic (exact) mass is 627 g/mol. The molecule has 1 aliphatic rings. The van der Waals surface area contributed by atoms with E-state index >= 15 is 0 Å². The molecule has 6 N–H and O–H groups in total. The number of halogens is 1. The quantitative estimate of drug-likeness (QED) is 0.110. The number of sulfone groups is 1. The van der Waals surface area contributed by atoms with Crippen molar-refractivity contribution in [2.45, 2.75) is 31.5 Å². The molecule has 1 saturated heterocycles. The maximum atomic E-state index is 13.6. The molecular weight excluding hydrogens is 593 g/mol. The fraction of sp³-hybridized carbons (Fsp3) is 0.242. The molecule has 0 aliphatic carbocycles. The van der Waals surface area contributed by atoms with E-state index in [1.54, 1.807) is 6.07 Å². The molecule has 10 nitrogen and oxygen atoms in total. The Balaban J connectivity index is 1.14. The van der Waals surface area contributed by atoms with Crippen molar-refractivity contribution in [2.24, 2.45) is 0 Å². The number of aromatic nitrogens is 3. The van der Waals surface area contributed by atoms with Gasteiger partial charge in [-0.25, -0.2) is 22.8 Å². The second-order valence-electron chi connectivity index (χ2n) is 11.4. The fourth-order valence-electron chi connectivity index (χ4n) is 5.47. The first-order chi connectivity index (χ1) is 21.7. The van der Waals surface area contributed by atoms with Crippen LogP contribution in [0.25, 0.3) is 22.0 Å². The molecule has 0 unspecified atom stereocenters. The third kappa shape index (κ3) is 7.36. The van der Waals surface area contributed by atoms with E-state index in [-0.39, 0.29) is 30.2 Å². The van der Waals surface area contributed by atoms with E-state index in [1.807, 2.05) is 54.7 Å². The van der Waals surface area contributed by atoms with E-state index in [2.05, 4.69) is 30.9 Å². The number of aliphatic hydroxyl groups is 1. The van der Waals surface area contributed by atoms with Crippen LogP contribution in [0.3, 0.4) is 0 Å². The minimum absolute atomic E-state index is 0.0186. The summed E-state index contributed by atoms with van der Waals surface area (Å²) in [4.78, 5) is 12.2. The number of fused-ring (bicyclic) bond motifs is 1. The molecule has 6 rings (SSSR count). The number of aromatic amines is 1. The summed E-state index contributed by atoms with van der Waals surface area (Å²) in [6.07, 6.45) is 5.19. The van der Waals surface area contributed by atoms with Crippen molar-refractivity contribution in [1.82, 2.24) is 20.3 Å². The Morgan fingerprint density at radius 3 is 2.64 bits per heavy atom. The van der Waals surface area contributed by atoms with Crippen molar-refractivity contribution >= 4 is 44.1 Å². The normalized spacial score (nSPS) is 15.5. The van der Waals surface area contributed by atoms with E-state index in [4.69, 9.17) is 5.41 Å². The molecule has 2 aromatic heterocycles. The largest absolute Gasteiger partial charge is 0.388 e. The molecule has 5 aromatic rings. The van der Waals surface area contributed by atoms with Crippen LogP contribution in [0.4, 0.5) is 21.6 Å². The number of anilines is 3. The van der Waals surface area contributed by atoms with Gasteiger partial charge in [0, 0.05) is 60.1 Å². The maximum absolute atomic E-state index is 13.6. The van der Waals surface area contributed by atoms with Crippen molar-refractivity contribution in [3.8, 4) is 11.1 Å². The van der Waals surface area contributed by atoms with Gasteiger partial charge in [0.1, 0.15) is 18.0 Å². The Morgan fingerprint density at radius 2 is 1.84 bits per heavy atom. The number of hydrogen-bond donors (Lipinski definition) is 6. The summed E-state index contributed by atoms with van der Waals surface area (Å²) in [5.41, 5.74) is 5.63. The highest BCUT2D eigenvalue weighted by molar-refractivity contribution is 7.91. The van der Waals surface area contributed by atoms with E-state index in [9.17, 15) is 17.9 Å². The Labute approximate surface area is 260 Å². The van der Waals surface area contributed by atoms with Gasteiger partial charge in [0.25, 0.3) is 0 Å². The molecule has 1 aliphatic heterocycles. The molecule has 0 radical (unpaired) electrons. The molecule has 0 bridgehead atoms. The maximum Gasteiger partial charge on any atom is 0.150 e. The molecule has 0 spiro atoms. The minimum Gasteiger partial charge on any atom is -0.388 e. The first-order valence-corrected chi connectivity index (χ1v) is 16.5. The predicted octanol–water partition coefficient (Wildman–Crippen LogP) is 5.15. The lowest BCUT2D eigenvalue weighted by atomic mass is 9.97. The zero-order chi connectivity index (χ0) is 31.4. The molecule has 12 heteroatoms. The van der Waals surface area contributed by atoms with E-state index in [0.29, 0.717) is 31.0 Å². The summed E-state index contributed by atoms with van der Waals surface area (Å²) >= 11 is 0. The minimum atomic E-state index is -3.04. The fourth-order valence-corrected chi connectivity index (χ4v) is 7.06. The second kappa shape index (κ2) is 12.8. The zero-order valence-electron chi connectivity index (χ0n) is 24.5. The van der Waals surface area contributed by atoms with Crippen molar-refractivity contribution < 1.29 is 17.9 Å². The summed E-state index contributed by atoms with van der Waals surface area (Å²) in [7, 11) is -3.04. The zero-order valence-corrected chi connectivity index (χ0v) is 25.3. The highest BCUT2D eigenvalue weighted by atomic mass is 32.2. The smallest absolute Gasteiger partial charge is 0.150 e. The summed E-state index contributed by atoms with van der Waals surface area (Å²) < 4.78 is 37.0. The van der Waals surface area contributed by atoms with Crippen LogP contribution in [0, 0.1) is 11.2 Å². The standard InChI is InChI=1S/C33H34FN7O3S/c34-26-3-1-2-22(12-26)17-38-30-7-5-27(13-24(30)16-35)41-32-29-15-23(4-6-31(29)39-21-40-32)25-14-28(37-18-25)19-36-20-33(42)8-10-45(43,44)11-9-33/h1-7,12-16,18,21,35-38,42H,8-11,17,19-20H2,(H,39,40,41). The molecule has 45 heavy (non-hydrogen) atoms. The molecule has 0 amide bonds. The summed E-state index contributed by atoms with van der Waals surface area (Å²) in [6.45, 7) is 1.25. The van der Waals surface area contributed by atoms with Crippen LogP contribution in [0.15, 0.2) is 79.3 Å². The summed E-state index contributed by atoms with van der Waals surface area (Å²) in [5, 5.41) is 29.4. The van der Waals surface area contributed by atoms with Crippen LogP contribution < -0.4 is 16.0 Å². The third-order valence-corrected chi connectivity index (χ3v) is 9.73. The molecule has 0 atom stereocenters. The van der Waals surface area contributed by atoms with E-state index in [0.717, 1.165) is 44.7 Å². The SMILES string of the molecule is N=Cc1cc(Nc2ncnc3ccc(-c4c[nH]c(CNCC5(O)CCS(=O)(=O)CC5)c4)cc23)ccc1NCc1cccc(F)c1. The van der Waals surface area contributed by atoms with Crippen molar-refractivity contribution in [3.05, 3.63) is 102 Å². The van der Waals surface area contributed by atoms with Gasteiger partial charge in [-0.15, -0.1) is 0 Å². The Morgan fingerprint density at radius 1 is 1.00 bits per heavy atom. The van der Waals surface area contributed by atoms with E-state index < -0.39 is 15.4 Å². The second-order valence-corrected chi connectivity index (χ2v) is 13.7. The van der Waals surface area contributed by atoms with Gasteiger partial charge in [0.05, 0.1) is 22.6 Å². The Bertz CT molecular complexity index is 1950. The topological polar surface area (TPSA) is 156 Å². The molecule has 0 saturated carbocycles. The lowest BCUT2D eigenvalue weighted by Crippen LogP contribution is -2.46. The van der Waals surface area contributed by atoms with Gasteiger partial charge in [0.2, 0.25) is 0 Å². The highest BCUT2D eigenvalue weighted by Crippen LogP contribution is 2.30. The first-order valence-electron chi connectivity index (χ1n) is 14.6. The van der Waals surface area contributed by atoms with Gasteiger partial charge >= 0.3 is 0 Å². The number of hydrogen-bond acceptors (Lipinski definition) is 9. The third-order valence-electron chi connectivity index (χ3n) is 8.08. The predicted molar refractivity (Wildman–Crippen MR) is 175 cm³/mol. The van der Waals surface area contributed by atoms with Gasteiger partial charge in [0.15, 0.2) is 9.84 Å². The van der Waals surface area contributed by atoms with Gasteiger partial charge in [-0.05, 0) is 78.1 Å². The van der Waals surface area contributed by atoms with Crippen LogP contribution >= 0.6 is 0 Å². The summed E-state index contributed by atoms with van der Waals surface area (Å²) in [5.74, 6) is 0.372. The average Bonchev–Trinajstić information content (AvgIpc) is 3.51. The number of H-pyrrole nitrogens is 1. The number of nitrogens with one attached hydrogen (secondary N) is 5. The molecular formula is C33H34FN7O3S. The first kappa shape index (κ1) is 30.4. The van der Waals surface area contributed by atoms with Crippen molar-refractivity contribution in [1.29, 1.82) is 5.41 Å². The van der Waals surface area contributed by atoms with Gasteiger partial charge in [-0.2, -0.15) is 0 Å². The Hall–Kier alpha value is -4.65. The molecule has 1 fully saturated rings. The lowest BCUT2D eigenvalue weighted by Gasteiger charge is -2.32. The highest BCUT2D eigenvalue weighted by Gasteiger charge is 2.34. The van der Waals surface area contributed by atoms with Gasteiger partial charge < -0.3 is 31.5 Å². The molecule has 3 heterocycles. The van der Waals surface area contributed by atoms with Gasteiger partial charge in [-0.1, -0.05) is 18.2 Å². The van der Waals surface area contributed by atoms with E-state index in [1.165, 1.54) is 24.7 Å². The lowest BCUT2D eigenvalue weighted by molar-refractivity contribution is 0.0303. The van der Waals surface area contributed by atoms with Crippen LogP contribution in [0.5, 0.6) is 0 Å². The summed E-state index contributed by atoms with van der Waals surface area (Å²) in [6, 6.07) is 20.0. The molecule has 232 valence electrons. The van der Waals surface area contributed by atoms with Crippen molar-refractivity contribution in [2.75, 3.05) is 28.7 Å². The average molecular weight is 628 g/mol.